The number of rotatable bonds is 2. The van der Waals surface area contributed by atoms with Crippen molar-refractivity contribution in [2.45, 2.75) is 13.1 Å². The highest BCUT2D eigenvalue weighted by Gasteiger charge is 2.32. The summed E-state index contributed by atoms with van der Waals surface area (Å²) in [6.07, 6.45) is 0.434. The van der Waals surface area contributed by atoms with Crippen LogP contribution in [0.3, 0.4) is 0 Å². The Kier molecular flexibility index (Phi) is 3.40. The second-order valence-corrected chi connectivity index (χ2v) is 4.69. The lowest BCUT2D eigenvalue weighted by molar-refractivity contribution is -0.141. The predicted molar refractivity (Wildman–Crippen MR) is 74.3 cm³/mol. The summed E-state index contributed by atoms with van der Waals surface area (Å²) >= 11 is 0. The van der Waals surface area contributed by atoms with E-state index in [1.165, 1.54) is 12.1 Å². The molecule has 112 valence electrons. The van der Waals surface area contributed by atoms with E-state index in [2.05, 4.69) is 15.1 Å². The van der Waals surface area contributed by atoms with Crippen LogP contribution in [0.4, 0.5) is 13.2 Å². The van der Waals surface area contributed by atoms with Crippen LogP contribution in [0.5, 0.6) is 0 Å². The van der Waals surface area contributed by atoms with Gasteiger partial charge in [0.25, 0.3) is 0 Å². The van der Waals surface area contributed by atoms with Crippen molar-refractivity contribution in [3.05, 3.63) is 60.3 Å². The maximum Gasteiger partial charge on any atom is 0.433 e. The van der Waals surface area contributed by atoms with E-state index in [1.807, 2.05) is 6.07 Å². The van der Waals surface area contributed by atoms with Crippen LogP contribution in [0.2, 0.25) is 0 Å². The normalized spacial score (nSPS) is 11.6. The third-order valence-electron chi connectivity index (χ3n) is 3.12. The van der Waals surface area contributed by atoms with Gasteiger partial charge in [0, 0.05) is 18.0 Å². The molecule has 0 aliphatic heterocycles. The van der Waals surface area contributed by atoms with Crippen molar-refractivity contribution in [3.8, 4) is 16.9 Å². The fraction of sp³-hybridized carbons (Fsp3) is 0.133. The van der Waals surface area contributed by atoms with Crippen LogP contribution < -0.4 is 0 Å². The number of hydrogen-bond acceptors (Lipinski definition) is 3. The molecule has 0 amide bonds. The molecular weight excluding hydrogens is 293 g/mol. The molecule has 22 heavy (non-hydrogen) atoms. The van der Waals surface area contributed by atoms with E-state index in [9.17, 15) is 13.2 Å². The summed E-state index contributed by atoms with van der Waals surface area (Å²) < 4.78 is 39.9. The van der Waals surface area contributed by atoms with Crippen molar-refractivity contribution in [1.82, 2.24) is 19.7 Å². The summed E-state index contributed by atoms with van der Waals surface area (Å²) in [6.45, 7) is 1.73. The molecular formula is C15H11F3N4. The highest BCUT2D eigenvalue weighted by Crippen LogP contribution is 2.30. The molecule has 0 fully saturated rings. The number of hydrogen-bond donors (Lipinski definition) is 0. The van der Waals surface area contributed by atoms with E-state index in [4.69, 9.17) is 0 Å². The van der Waals surface area contributed by atoms with E-state index >= 15 is 0 Å². The van der Waals surface area contributed by atoms with Crippen molar-refractivity contribution >= 4 is 0 Å². The quantitative estimate of drug-likeness (QED) is 0.725. The lowest BCUT2D eigenvalue weighted by Gasteiger charge is -2.06. The van der Waals surface area contributed by atoms with Gasteiger partial charge in [-0.25, -0.2) is 9.67 Å². The number of aromatic nitrogens is 4. The van der Waals surface area contributed by atoms with Crippen LogP contribution in [0.25, 0.3) is 16.9 Å². The number of aryl methyl sites for hydroxylation is 1. The van der Waals surface area contributed by atoms with Gasteiger partial charge in [-0.15, -0.1) is 0 Å². The Bertz CT molecular complexity index is 794. The first-order chi connectivity index (χ1) is 10.4. The number of nitrogens with zero attached hydrogens (tertiary/aromatic N) is 4. The third kappa shape index (κ3) is 2.69. The first-order valence-corrected chi connectivity index (χ1v) is 6.46. The predicted octanol–water partition coefficient (Wildman–Crippen LogP) is 3.66. The van der Waals surface area contributed by atoms with Crippen molar-refractivity contribution in [2.75, 3.05) is 0 Å². The Hall–Kier alpha value is -2.70. The van der Waals surface area contributed by atoms with Gasteiger partial charge in [0.2, 0.25) is 0 Å². The molecule has 0 aliphatic carbocycles. The zero-order chi connectivity index (χ0) is 15.7. The van der Waals surface area contributed by atoms with Gasteiger partial charge in [-0.1, -0.05) is 6.07 Å². The first-order valence-electron chi connectivity index (χ1n) is 6.46. The summed E-state index contributed by atoms with van der Waals surface area (Å²) in [4.78, 5) is 7.68. The second kappa shape index (κ2) is 5.25. The van der Waals surface area contributed by atoms with E-state index in [0.29, 0.717) is 11.3 Å². The first kappa shape index (κ1) is 14.2. The van der Waals surface area contributed by atoms with Crippen LogP contribution in [0.15, 0.2) is 48.9 Å². The van der Waals surface area contributed by atoms with Crippen molar-refractivity contribution < 1.29 is 13.2 Å². The van der Waals surface area contributed by atoms with Gasteiger partial charge in [-0.2, -0.15) is 18.3 Å². The molecule has 7 heteroatoms. The van der Waals surface area contributed by atoms with Crippen LogP contribution in [0.1, 0.15) is 11.4 Å². The van der Waals surface area contributed by atoms with Gasteiger partial charge in [-0.05, 0) is 31.2 Å². The lowest BCUT2D eigenvalue weighted by Crippen LogP contribution is -2.08. The second-order valence-electron chi connectivity index (χ2n) is 4.69. The molecule has 0 aromatic carbocycles. The molecule has 0 N–H and O–H groups in total. The van der Waals surface area contributed by atoms with E-state index in [-0.39, 0.29) is 5.69 Å². The molecule has 0 unspecified atom stereocenters. The molecule has 3 aromatic rings. The molecule has 0 aliphatic rings. The van der Waals surface area contributed by atoms with Gasteiger partial charge < -0.3 is 0 Å². The van der Waals surface area contributed by atoms with Crippen LogP contribution >= 0.6 is 0 Å². The summed E-state index contributed by atoms with van der Waals surface area (Å²) in [5.74, 6) is 0. The summed E-state index contributed by atoms with van der Waals surface area (Å²) in [5.41, 5.74) is 1.19. The largest absolute Gasteiger partial charge is 0.433 e. The molecule has 3 aromatic heterocycles. The summed E-state index contributed by atoms with van der Waals surface area (Å²) in [5, 5.41) is 4.30. The zero-order valence-electron chi connectivity index (χ0n) is 11.5. The molecule has 0 saturated heterocycles. The maximum absolute atomic E-state index is 12.8. The zero-order valence-corrected chi connectivity index (χ0v) is 11.5. The number of pyridine rings is 2. The Labute approximate surface area is 124 Å². The Morgan fingerprint density at radius 1 is 1.09 bits per heavy atom. The van der Waals surface area contributed by atoms with Crippen molar-refractivity contribution in [1.29, 1.82) is 0 Å². The molecule has 4 nitrogen and oxygen atoms in total. The highest BCUT2D eigenvalue weighted by molar-refractivity contribution is 5.61. The maximum atomic E-state index is 12.8. The van der Waals surface area contributed by atoms with Crippen molar-refractivity contribution in [3.63, 3.8) is 0 Å². The minimum Gasteiger partial charge on any atom is -0.262 e. The minimum atomic E-state index is -4.47. The summed E-state index contributed by atoms with van der Waals surface area (Å²) in [7, 11) is 0. The number of alkyl halides is 3. The third-order valence-corrected chi connectivity index (χ3v) is 3.12. The van der Waals surface area contributed by atoms with Gasteiger partial charge in [0.15, 0.2) is 0 Å². The lowest BCUT2D eigenvalue weighted by atomic mass is 10.1. The minimum absolute atomic E-state index is 0.238. The summed E-state index contributed by atoms with van der Waals surface area (Å²) in [6, 6.07) is 7.39. The smallest absolute Gasteiger partial charge is 0.262 e. The standard InChI is InChI=1S/C15H11F3N4/c1-10-12(9-22(21-10)11-4-3-7-19-8-11)13-5-2-6-14(20-13)15(16,17)18/h2-9H,1H3. The molecule has 0 atom stereocenters. The molecule has 0 radical (unpaired) electrons. The van der Waals surface area contributed by atoms with Gasteiger partial charge in [0.05, 0.1) is 23.3 Å². The molecule has 3 heterocycles. The van der Waals surface area contributed by atoms with E-state index in [1.54, 1.807) is 36.3 Å². The molecule has 0 spiro atoms. The fourth-order valence-corrected chi connectivity index (χ4v) is 2.08. The van der Waals surface area contributed by atoms with E-state index in [0.717, 1.165) is 11.8 Å². The average Bonchev–Trinajstić information content (AvgIpc) is 2.89. The topological polar surface area (TPSA) is 43.6 Å². The number of halogens is 3. The van der Waals surface area contributed by atoms with Crippen LogP contribution in [0, 0.1) is 6.92 Å². The van der Waals surface area contributed by atoms with Gasteiger partial charge >= 0.3 is 6.18 Å². The Morgan fingerprint density at radius 2 is 1.91 bits per heavy atom. The average molecular weight is 304 g/mol. The van der Waals surface area contributed by atoms with Gasteiger partial charge in [0.1, 0.15) is 5.69 Å². The SMILES string of the molecule is Cc1nn(-c2cccnc2)cc1-c1cccc(C(F)(F)F)n1. The Balaban J connectivity index is 2.05. The molecule has 0 bridgehead atoms. The highest BCUT2D eigenvalue weighted by atomic mass is 19.4. The Morgan fingerprint density at radius 3 is 2.59 bits per heavy atom. The fourth-order valence-electron chi connectivity index (χ4n) is 2.08. The van der Waals surface area contributed by atoms with E-state index < -0.39 is 11.9 Å². The monoisotopic (exact) mass is 304 g/mol. The molecule has 3 rings (SSSR count). The van der Waals surface area contributed by atoms with Crippen LogP contribution in [-0.2, 0) is 6.18 Å². The van der Waals surface area contributed by atoms with Gasteiger partial charge in [-0.3, -0.25) is 4.98 Å². The van der Waals surface area contributed by atoms with Crippen LogP contribution in [-0.4, -0.2) is 19.7 Å². The molecule has 0 saturated carbocycles. The van der Waals surface area contributed by atoms with Crippen molar-refractivity contribution in [2.24, 2.45) is 0 Å².